The second-order valence-corrected chi connectivity index (χ2v) is 10.1. The number of carbonyl (C=O) groups excluding carboxylic acids is 1. The summed E-state index contributed by atoms with van der Waals surface area (Å²) < 4.78 is 81.2. The van der Waals surface area contributed by atoms with Gasteiger partial charge in [0, 0.05) is 48.3 Å². The van der Waals surface area contributed by atoms with Crippen molar-refractivity contribution < 1.29 is 36.2 Å². The van der Waals surface area contributed by atoms with Gasteiger partial charge in [-0.05, 0) is 41.8 Å². The molecule has 41 heavy (non-hydrogen) atoms. The molecule has 1 aromatic heterocycles. The van der Waals surface area contributed by atoms with E-state index in [0.29, 0.717) is 18.6 Å². The van der Waals surface area contributed by atoms with E-state index in [1.807, 2.05) is 59.5 Å². The van der Waals surface area contributed by atoms with Crippen LogP contribution in [0.2, 0.25) is 0 Å². The number of nitrogens with zero attached hydrogens (tertiary/aromatic N) is 2. The van der Waals surface area contributed by atoms with Crippen molar-refractivity contribution >= 4 is 16.8 Å². The maximum absolute atomic E-state index is 13.7. The Balaban J connectivity index is 1.52. The average molecular weight is 576 g/mol. The van der Waals surface area contributed by atoms with Crippen LogP contribution in [-0.2, 0) is 18.8 Å². The molecule has 3 aromatic carbocycles. The zero-order valence-corrected chi connectivity index (χ0v) is 21.7. The third kappa shape index (κ3) is 6.11. The predicted octanol–water partition coefficient (Wildman–Crippen LogP) is 6.31. The molecule has 1 aliphatic heterocycles. The minimum atomic E-state index is -5.07. The van der Waals surface area contributed by atoms with E-state index in [0.717, 1.165) is 22.0 Å². The van der Waals surface area contributed by atoms with Crippen molar-refractivity contribution in [3.8, 4) is 0 Å². The number of fused-ring (bicyclic) bond motifs is 1. The molecular weight excluding hydrogens is 548 g/mol. The number of alkyl halides is 6. The topological polar surface area (TPSA) is 59.6 Å². The second kappa shape index (κ2) is 11.2. The van der Waals surface area contributed by atoms with Gasteiger partial charge in [-0.3, -0.25) is 9.69 Å². The van der Waals surface area contributed by atoms with Gasteiger partial charge in [-0.2, -0.15) is 26.3 Å². The summed E-state index contributed by atoms with van der Waals surface area (Å²) in [6, 6.07) is 16.7. The average Bonchev–Trinajstić information content (AvgIpc) is 3.35. The number of aliphatic hydroxyl groups excluding tert-OH is 1. The molecule has 1 saturated heterocycles. The van der Waals surface area contributed by atoms with Crippen LogP contribution in [0.15, 0.2) is 79.0 Å². The summed E-state index contributed by atoms with van der Waals surface area (Å²) in [5, 5.41) is 11.1. The Kier molecular flexibility index (Phi) is 7.85. The minimum Gasteiger partial charge on any atom is -0.394 e. The number of aromatic amines is 1. The van der Waals surface area contributed by atoms with Crippen LogP contribution in [0, 0.1) is 0 Å². The number of carbonyl (C=O) groups is 1. The molecule has 0 radical (unpaired) electrons. The van der Waals surface area contributed by atoms with Crippen LogP contribution >= 0.6 is 0 Å². The summed E-state index contributed by atoms with van der Waals surface area (Å²) in [4.78, 5) is 20.2. The van der Waals surface area contributed by atoms with Gasteiger partial charge < -0.3 is 15.0 Å². The summed E-state index contributed by atoms with van der Waals surface area (Å²) in [5.41, 5.74) is -1.18. The Hall–Kier alpha value is -3.83. The molecule has 1 fully saturated rings. The Morgan fingerprint density at radius 2 is 1.54 bits per heavy atom. The molecule has 4 aromatic rings. The van der Waals surface area contributed by atoms with Gasteiger partial charge in [0.05, 0.1) is 23.8 Å². The highest BCUT2D eigenvalue weighted by atomic mass is 19.4. The SMILES string of the molecule is O=C(c1cc(C(F)(F)F)cc(C(F)(F)F)c1)N1CCN([C@H](CO)c2ccccc2)C[C@H]1Cc1c[nH]c2ccccc12. The molecule has 0 bridgehead atoms. The van der Waals surface area contributed by atoms with Crippen molar-refractivity contribution in [1.29, 1.82) is 0 Å². The highest BCUT2D eigenvalue weighted by Crippen LogP contribution is 2.37. The molecule has 1 amide bonds. The second-order valence-electron chi connectivity index (χ2n) is 10.1. The number of aromatic nitrogens is 1. The minimum absolute atomic E-state index is 0.0177. The quantitative estimate of drug-likeness (QED) is 0.265. The first-order valence-corrected chi connectivity index (χ1v) is 13.0. The Labute approximate surface area is 232 Å². The van der Waals surface area contributed by atoms with Crippen molar-refractivity contribution in [1.82, 2.24) is 14.8 Å². The van der Waals surface area contributed by atoms with Crippen molar-refractivity contribution in [2.24, 2.45) is 0 Å². The zero-order valence-electron chi connectivity index (χ0n) is 21.7. The molecule has 11 heteroatoms. The van der Waals surface area contributed by atoms with Gasteiger partial charge in [0.25, 0.3) is 5.91 Å². The standard InChI is InChI=1S/C30H27F6N3O2/c31-29(32,33)22-12-20(13-23(15-22)30(34,35)36)28(41)39-11-10-38(27(18-40)19-6-2-1-3-7-19)17-24(39)14-21-16-37-26-9-5-4-8-25(21)26/h1-9,12-13,15-16,24,27,37,40H,10-11,14,17-18H2/t24-,27-/m1/s1. The van der Waals surface area contributed by atoms with Crippen LogP contribution in [0.3, 0.4) is 0 Å². The summed E-state index contributed by atoms with van der Waals surface area (Å²) in [7, 11) is 0. The summed E-state index contributed by atoms with van der Waals surface area (Å²) in [6.07, 6.45) is -8.05. The molecule has 0 unspecified atom stereocenters. The fourth-order valence-electron chi connectivity index (χ4n) is 5.51. The highest BCUT2D eigenvalue weighted by molar-refractivity contribution is 5.95. The van der Waals surface area contributed by atoms with Crippen molar-refractivity contribution in [2.45, 2.75) is 30.9 Å². The van der Waals surface area contributed by atoms with E-state index in [4.69, 9.17) is 0 Å². The molecule has 216 valence electrons. The van der Waals surface area contributed by atoms with Crippen molar-refractivity contribution in [3.05, 3.63) is 107 Å². The van der Waals surface area contributed by atoms with Gasteiger partial charge in [-0.1, -0.05) is 48.5 Å². The molecule has 5 nitrogen and oxygen atoms in total. The van der Waals surface area contributed by atoms with Crippen LogP contribution in [0.25, 0.3) is 10.9 Å². The van der Waals surface area contributed by atoms with Gasteiger partial charge in [0.1, 0.15) is 0 Å². The molecule has 0 saturated carbocycles. The fourth-order valence-corrected chi connectivity index (χ4v) is 5.51. The first-order valence-electron chi connectivity index (χ1n) is 13.0. The van der Waals surface area contributed by atoms with Gasteiger partial charge in [-0.25, -0.2) is 0 Å². The van der Waals surface area contributed by atoms with Gasteiger partial charge in [0.2, 0.25) is 0 Å². The van der Waals surface area contributed by atoms with Gasteiger partial charge in [0.15, 0.2) is 0 Å². The number of halogens is 6. The third-order valence-corrected chi connectivity index (χ3v) is 7.54. The molecule has 2 atom stereocenters. The number of para-hydroxylation sites is 1. The first-order chi connectivity index (χ1) is 19.5. The summed E-state index contributed by atoms with van der Waals surface area (Å²) in [6.45, 7) is 0.352. The number of piperazine rings is 1. The molecule has 1 aliphatic rings. The number of benzene rings is 3. The van der Waals surface area contributed by atoms with E-state index in [9.17, 15) is 36.2 Å². The predicted molar refractivity (Wildman–Crippen MR) is 141 cm³/mol. The number of amides is 1. The van der Waals surface area contributed by atoms with Gasteiger partial charge >= 0.3 is 12.4 Å². The molecular formula is C30H27F6N3O2. The smallest absolute Gasteiger partial charge is 0.394 e. The Morgan fingerprint density at radius 1 is 0.902 bits per heavy atom. The number of rotatable bonds is 6. The van der Waals surface area contributed by atoms with E-state index >= 15 is 0 Å². The fraction of sp³-hybridized carbons (Fsp3) is 0.300. The lowest BCUT2D eigenvalue weighted by Crippen LogP contribution is -2.57. The number of hydrogen-bond donors (Lipinski definition) is 2. The van der Waals surface area contributed by atoms with Crippen LogP contribution in [0.4, 0.5) is 26.3 Å². The van der Waals surface area contributed by atoms with Crippen LogP contribution < -0.4 is 0 Å². The molecule has 5 rings (SSSR count). The highest BCUT2D eigenvalue weighted by Gasteiger charge is 2.40. The van der Waals surface area contributed by atoms with Crippen LogP contribution in [0.1, 0.15) is 38.7 Å². The first kappa shape index (κ1) is 28.7. The van der Waals surface area contributed by atoms with E-state index in [2.05, 4.69) is 4.98 Å². The lowest BCUT2D eigenvalue weighted by molar-refractivity contribution is -0.143. The van der Waals surface area contributed by atoms with E-state index in [-0.39, 0.29) is 32.3 Å². The normalized spacial score (nSPS) is 17.6. The summed E-state index contributed by atoms with van der Waals surface area (Å²) >= 11 is 0. The van der Waals surface area contributed by atoms with E-state index < -0.39 is 47.0 Å². The van der Waals surface area contributed by atoms with Crippen molar-refractivity contribution in [3.63, 3.8) is 0 Å². The third-order valence-electron chi connectivity index (χ3n) is 7.54. The molecule has 0 spiro atoms. The Morgan fingerprint density at radius 3 is 2.17 bits per heavy atom. The lowest BCUT2D eigenvalue weighted by Gasteiger charge is -2.44. The number of hydrogen-bond acceptors (Lipinski definition) is 3. The number of nitrogens with one attached hydrogen (secondary N) is 1. The number of H-pyrrole nitrogens is 1. The monoisotopic (exact) mass is 575 g/mol. The maximum atomic E-state index is 13.7. The van der Waals surface area contributed by atoms with E-state index in [1.54, 1.807) is 6.20 Å². The maximum Gasteiger partial charge on any atom is 0.416 e. The summed E-state index contributed by atoms with van der Waals surface area (Å²) in [5.74, 6) is -0.911. The lowest BCUT2D eigenvalue weighted by atomic mass is 9.97. The molecule has 2 heterocycles. The van der Waals surface area contributed by atoms with Crippen LogP contribution in [0.5, 0.6) is 0 Å². The zero-order chi connectivity index (χ0) is 29.4. The Bertz CT molecular complexity index is 1480. The number of aliphatic hydroxyl groups is 1. The van der Waals surface area contributed by atoms with Crippen molar-refractivity contribution in [2.75, 3.05) is 26.2 Å². The largest absolute Gasteiger partial charge is 0.416 e. The van der Waals surface area contributed by atoms with Gasteiger partial charge in [-0.15, -0.1) is 0 Å². The van der Waals surface area contributed by atoms with E-state index in [1.165, 1.54) is 4.90 Å². The molecule has 2 N–H and O–H groups in total. The van der Waals surface area contributed by atoms with Crippen LogP contribution in [-0.4, -0.2) is 58.1 Å². The molecule has 0 aliphatic carbocycles.